The zero-order valence-electron chi connectivity index (χ0n) is 4.63. The fourth-order valence-corrected chi connectivity index (χ4v) is 0. The second-order valence-corrected chi connectivity index (χ2v) is 0.492. The zero-order valence-corrected chi connectivity index (χ0v) is 9.25. The molecule has 2 nitrogen and oxygen atoms in total. The van der Waals surface area contributed by atoms with Gasteiger partial charge in [0.25, 0.3) is 0 Å². The van der Waals surface area contributed by atoms with Crippen molar-refractivity contribution in [1.82, 2.24) is 0 Å². The average Bonchev–Trinajstić information content (AvgIpc) is 0.811. The third-order valence-corrected chi connectivity index (χ3v) is 0. The van der Waals surface area contributed by atoms with Gasteiger partial charge in [-0.05, 0) is 6.92 Å². The van der Waals surface area contributed by atoms with Crippen LogP contribution in [0.3, 0.4) is 0 Å². The number of aliphatic carboxylic acids is 1. The fraction of sp³-hybridized carbons (Fsp3) is 0.500. The largest absolute Gasteiger partial charge is 2.00 e. The molecule has 0 aromatic heterocycles. The second-order valence-electron chi connectivity index (χ2n) is 0.492. The van der Waals surface area contributed by atoms with Gasteiger partial charge < -0.3 is 22.3 Å². The number of hydrogen-bond acceptors (Lipinski definition) is 2. The predicted octanol–water partition coefficient (Wildman–Crippen LogP) is -3.36. The van der Waals surface area contributed by atoms with Crippen LogP contribution in [0.5, 0.6) is 0 Å². The molecule has 0 saturated heterocycles. The second kappa shape index (κ2) is 34.3. The van der Waals surface area contributed by atoms with Gasteiger partial charge in [-0.2, -0.15) is 0 Å². The number of carboxylic acid groups (broad SMARTS) is 1. The van der Waals surface area contributed by atoms with Crippen LogP contribution in [0.1, 0.15) is 6.92 Å². The molecule has 0 amide bonds. The minimum absolute atomic E-state index is 0. The molecule has 7 heteroatoms. The van der Waals surface area contributed by atoms with Gasteiger partial charge in [-0.25, -0.2) is 0 Å². The normalized spacial score (nSPS) is 2.78. The molecule has 0 heterocycles. The molecular formula is C2H6Cl4MgO2. The molecule has 0 bridgehead atoms. The standard InChI is InChI=1S/C2H4O2.4ClH.Mg/c1-2(3)4;;;;;/h1H3,(H,3,4);4*1H;/q;;;;;+2/p-2. The zero-order chi connectivity index (χ0) is 3.58. The molecule has 0 aliphatic heterocycles. The summed E-state index contributed by atoms with van der Waals surface area (Å²) >= 11 is 0. The summed E-state index contributed by atoms with van der Waals surface area (Å²) < 4.78 is 0. The first kappa shape index (κ1) is 47.5. The molecule has 0 aromatic carbocycles. The molecule has 9 heavy (non-hydrogen) atoms. The van der Waals surface area contributed by atoms with Crippen LogP contribution in [-0.4, -0.2) is 29.0 Å². The average molecular weight is 228 g/mol. The third kappa shape index (κ3) is 264. The van der Waals surface area contributed by atoms with Gasteiger partial charge in [-0.15, -0.1) is 37.2 Å². The molecular weight excluding hydrogens is 222 g/mol. The smallest absolute Gasteiger partial charge is 1.00 e. The maximum Gasteiger partial charge on any atom is 2.00 e. The van der Waals surface area contributed by atoms with Crippen LogP contribution in [0.2, 0.25) is 0 Å². The molecule has 0 radical (unpaired) electrons. The number of hydrogen-bond donors (Lipinski definition) is 0. The Kier molecular flexibility index (Phi) is 181. The summed E-state index contributed by atoms with van der Waals surface area (Å²) in [6.07, 6.45) is 0. The van der Waals surface area contributed by atoms with E-state index < -0.39 is 5.97 Å². The van der Waals surface area contributed by atoms with E-state index in [1.54, 1.807) is 0 Å². The third-order valence-electron chi connectivity index (χ3n) is 0. The van der Waals surface area contributed by atoms with Gasteiger partial charge in [0.15, 0.2) is 0 Å². The van der Waals surface area contributed by atoms with Crippen molar-refractivity contribution in [2.24, 2.45) is 0 Å². The van der Waals surface area contributed by atoms with Crippen LogP contribution in [0, 0.1) is 0 Å². The van der Waals surface area contributed by atoms with Crippen LogP contribution in [-0.2, 0) is 4.79 Å². The summed E-state index contributed by atoms with van der Waals surface area (Å²) in [6, 6.07) is 0. The molecule has 0 N–H and O–H groups in total. The Morgan fingerprint density at radius 3 is 1.22 bits per heavy atom. The summed E-state index contributed by atoms with van der Waals surface area (Å²) in [6.45, 7) is 0.972. The SMILES string of the molecule is CC(=O)[O-].Cl.Cl.Cl.[Cl-].[Mg+2]. The van der Waals surface area contributed by atoms with Gasteiger partial charge in [0.05, 0.1) is 0 Å². The van der Waals surface area contributed by atoms with Crippen LogP contribution < -0.4 is 17.5 Å². The van der Waals surface area contributed by atoms with Crippen LogP contribution in [0.4, 0.5) is 0 Å². The Bertz CT molecular complexity index is 39.5. The van der Waals surface area contributed by atoms with E-state index in [2.05, 4.69) is 0 Å². The quantitative estimate of drug-likeness (QED) is 0.406. The Hall–Kier alpha value is 1.40. The monoisotopic (exact) mass is 226 g/mol. The molecule has 0 unspecified atom stereocenters. The van der Waals surface area contributed by atoms with Crippen molar-refractivity contribution in [1.29, 1.82) is 0 Å². The Balaban J connectivity index is -0.00000000450. The van der Waals surface area contributed by atoms with Crippen molar-refractivity contribution in [3.63, 3.8) is 0 Å². The summed E-state index contributed by atoms with van der Waals surface area (Å²) in [4.78, 5) is 8.89. The molecule has 0 saturated carbocycles. The van der Waals surface area contributed by atoms with E-state index in [0.29, 0.717) is 0 Å². The van der Waals surface area contributed by atoms with E-state index in [0.717, 1.165) is 6.92 Å². The fourth-order valence-electron chi connectivity index (χ4n) is 0. The Morgan fingerprint density at radius 1 is 1.22 bits per heavy atom. The van der Waals surface area contributed by atoms with Crippen LogP contribution in [0.15, 0.2) is 0 Å². The molecule has 0 rings (SSSR count). The van der Waals surface area contributed by atoms with Crippen molar-refractivity contribution in [3.05, 3.63) is 0 Å². The summed E-state index contributed by atoms with van der Waals surface area (Å²) in [7, 11) is 0. The molecule has 56 valence electrons. The Morgan fingerprint density at radius 2 is 1.22 bits per heavy atom. The summed E-state index contributed by atoms with van der Waals surface area (Å²) in [5.74, 6) is -1.08. The van der Waals surface area contributed by atoms with Gasteiger partial charge in [-0.3, -0.25) is 0 Å². The van der Waals surface area contributed by atoms with E-state index >= 15 is 0 Å². The van der Waals surface area contributed by atoms with Crippen molar-refractivity contribution in [3.8, 4) is 0 Å². The number of carbonyl (C=O) groups excluding carboxylic acids is 1. The molecule has 0 atom stereocenters. The van der Waals surface area contributed by atoms with Gasteiger partial charge in [-0.1, -0.05) is 0 Å². The first-order chi connectivity index (χ1) is 1.73. The van der Waals surface area contributed by atoms with Gasteiger partial charge in [0.2, 0.25) is 0 Å². The van der Waals surface area contributed by atoms with Gasteiger partial charge >= 0.3 is 23.1 Å². The number of carbonyl (C=O) groups is 1. The maximum atomic E-state index is 8.89. The molecule has 0 aromatic rings. The van der Waals surface area contributed by atoms with Crippen LogP contribution in [0.25, 0.3) is 0 Å². The minimum Gasteiger partial charge on any atom is -1.00 e. The van der Waals surface area contributed by atoms with Gasteiger partial charge in [0, 0.05) is 5.97 Å². The number of halogens is 4. The van der Waals surface area contributed by atoms with Crippen molar-refractivity contribution in [2.75, 3.05) is 0 Å². The van der Waals surface area contributed by atoms with Crippen molar-refractivity contribution in [2.45, 2.75) is 6.92 Å². The van der Waals surface area contributed by atoms with E-state index in [-0.39, 0.29) is 72.7 Å². The van der Waals surface area contributed by atoms with Gasteiger partial charge in [0.1, 0.15) is 0 Å². The first-order valence-electron chi connectivity index (χ1n) is 0.908. The minimum atomic E-state index is -1.08. The van der Waals surface area contributed by atoms with E-state index in [1.807, 2.05) is 0 Å². The maximum absolute atomic E-state index is 8.89. The number of rotatable bonds is 0. The van der Waals surface area contributed by atoms with Crippen molar-refractivity contribution < 1.29 is 22.3 Å². The summed E-state index contributed by atoms with van der Waals surface area (Å²) in [5, 5.41) is 8.89. The van der Waals surface area contributed by atoms with E-state index in [4.69, 9.17) is 9.90 Å². The van der Waals surface area contributed by atoms with E-state index in [1.165, 1.54) is 0 Å². The molecule has 0 aliphatic rings. The summed E-state index contributed by atoms with van der Waals surface area (Å²) in [5.41, 5.74) is 0. The van der Waals surface area contributed by atoms with Crippen molar-refractivity contribution >= 4 is 66.2 Å². The Labute approximate surface area is 94.9 Å². The molecule has 0 fully saturated rings. The number of carboxylic acids is 1. The molecule has 0 aliphatic carbocycles. The van der Waals surface area contributed by atoms with E-state index in [9.17, 15) is 0 Å². The molecule has 0 spiro atoms. The predicted molar refractivity (Wildman–Crippen MR) is 38.2 cm³/mol. The topological polar surface area (TPSA) is 40.1 Å². The first-order valence-corrected chi connectivity index (χ1v) is 0.908. The van der Waals surface area contributed by atoms with Crippen LogP contribution >= 0.6 is 37.2 Å².